The van der Waals surface area contributed by atoms with Gasteiger partial charge in [-0.2, -0.15) is 0 Å². The fourth-order valence-electron chi connectivity index (χ4n) is 3.17. The summed E-state index contributed by atoms with van der Waals surface area (Å²) in [6, 6.07) is 7.10. The van der Waals surface area contributed by atoms with Crippen LogP contribution in [-0.2, 0) is 4.74 Å². The molecule has 1 fully saturated rings. The Bertz CT molecular complexity index is 604. The van der Waals surface area contributed by atoms with Gasteiger partial charge in [0.1, 0.15) is 5.76 Å². The average molecular weight is 291 g/mol. The summed E-state index contributed by atoms with van der Waals surface area (Å²) in [5.41, 5.74) is 0.355. The molecule has 0 bridgehead atoms. The van der Waals surface area contributed by atoms with Crippen molar-refractivity contribution >= 4 is 11.0 Å². The topological polar surface area (TPSA) is 34.4 Å². The van der Waals surface area contributed by atoms with Gasteiger partial charge in [0, 0.05) is 12.0 Å². The molecular weight excluding hydrogens is 269 g/mol. The van der Waals surface area contributed by atoms with Gasteiger partial charge < -0.3 is 14.5 Å². The Balaban J connectivity index is 1.69. The minimum Gasteiger partial charge on any atom is -0.456 e. The minimum absolute atomic E-state index is 0.129. The maximum Gasteiger partial charge on any atom is 0.169 e. The van der Waals surface area contributed by atoms with Crippen LogP contribution >= 0.6 is 0 Å². The quantitative estimate of drug-likeness (QED) is 0.872. The van der Waals surface area contributed by atoms with E-state index in [4.69, 9.17) is 9.15 Å². The molecule has 114 valence electrons. The lowest BCUT2D eigenvalue weighted by Crippen LogP contribution is -2.34. The summed E-state index contributed by atoms with van der Waals surface area (Å²) in [4.78, 5) is 0. The number of halogens is 1. The molecular formula is C17H22FNO2. The third-order valence-electron chi connectivity index (χ3n) is 4.37. The fraction of sp³-hybridized carbons (Fsp3) is 0.529. The summed E-state index contributed by atoms with van der Waals surface area (Å²) in [6.45, 7) is 2.82. The second-order valence-electron chi connectivity index (χ2n) is 5.80. The van der Waals surface area contributed by atoms with Gasteiger partial charge in [-0.15, -0.1) is 0 Å². The zero-order valence-electron chi connectivity index (χ0n) is 12.6. The number of hydrogen-bond donors (Lipinski definition) is 1. The highest BCUT2D eigenvalue weighted by Gasteiger charge is 2.32. The Kier molecular flexibility index (Phi) is 4.27. The van der Waals surface area contributed by atoms with Crippen molar-refractivity contribution in [2.75, 3.05) is 13.7 Å². The van der Waals surface area contributed by atoms with Crippen molar-refractivity contribution in [3.8, 4) is 0 Å². The fourth-order valence-corrected chi connectivity index (χ4v) is 3.17. The molecule has 3 nitrogen and oxygen atoms in total. The van der Waals surface area contributed by atoms with Crippen molar-refractivity contribution in [3.63, 3.8) is 0 Å². The summed E-state index contributed by atoms with van der Waals surface area (Å²) >= 11 is 0. The van der Waals surface area contributed by atoms with Crippen molar-refractivity contribution in [2.45, 2.75) is 38.3 Å². The first kappa shape index (κ1) is 14.5. The maximum atomic E-state index is 13.7. The van der Waals surface area contributed by atoms with Crippen LogP contribution in [0.2, 0.25) is 0 Å². The zero-order valence-corrected chi connectivity index (χ0v) is 12.6. The Morgan fingerprint density at radius 1 is 1.43 bits per heavy atom. The largest absolute Gasteiger partial charge is 0.456 e. The van der Waals surface area contributed by atoms with Gasteiger partial charge in [0.2, 0.25) is 0 Å². The van der Waals surface area contributed by atoms with Gasteiger partial charge in [-0.3, -0.25) is 0 Å². The predicted octanol–water partition coefficient (Wildman–Crippen LogP) is 4.04. The first-order valence-corrected chi connectivity index (χ1v) is 7.68. The number of nitrogens with one attached hydrogen (secondary N) is 1. The second-order valence-corrected chi connectivity index (χ2v) is 5.80. The molecule has 1 heterocycles. The van der Waals surface area contributed by atoms with E-state index in [1.165, 1.54) is 6.07 Å². The molecule has 2 aromatic rings. The van der Waals surface area contributed by atoms with Gasteiger partial charge in [-0.1, -0.05) is 12.1 Å². The third kappa shape index (κ3) is 2.97. The van der Waals surface area contributed by atoms with Crippen LogP contribution in [0.5, 0.6) is 0 Å². The molecule has 1 atom stereocenters. The smallest absolute Gasteiger partial charge is 0.169 e. The van der Waals surface area contributed by atoms with Gasteiger partial charge in [-0.05, 0) is 51.3 Å². The van der Waals surface area contributed by atoms with Crippen molar-refractivity contribution in [1.29, 1.82) is 0 Å². The number of ether oxygens (including phenoxy) is 1. The van der Waals surface area contributed by atoms with Crippen LogP contribution in [0.15, 0.2) is 28.7 Å². The molecule has 21 heavy (non-hydrogen) atoms. The van der Waals surface area contributed by atoms with E-state index in [1.807, 2.05) is 26.1 Å². The highest BCUT2D eigenvalue weighted by molar-refractivity contribution is 5.78. The molecule has 0 spiro atoms. The molecule has 1 aromatic carbocycles. The zero-order chi connectivity index (χ0) is 14.8. The Labute approximate surface area is 124 Å². The molecule has 0 amide bonds. The molecule has 1 unspecified atom stereocenters. The maximum absolute atomic E-state index is 13.7. The molecule has 1 aliphatic carbocycles. The van der Waals surface area contributed by atoms with Crippen LogP contribution in [0.3, 0.4) is 0 Å². The lowest BCUT2D eigenvalue weighted by Gasteiger charge is -2.36. The van der Waals surface area contributed by atoms with Crippen molar-refractivity contribution < 1.29 is 13.5 Å². The standard InChI is InChI=1S/C17H22FNO2/c1-3-20-13-7-11(8-13)9-15(19-2)16-10-12-5-4-6-14(18)17(12)21-16/h4-6,10-11,13,15,19H,3,7-9H2,1-2H3. The van der Waals surface area contributed by atoms with Gasteiger partial charge in [0.25, 0.3) is 0 Å². The Morgan fingerprint density at radius 2 is 2.24 bits per heavy atom. The normalized spacial score (nSPS) is 23.2. The predicted molar refractivity (Wildman–Crippen MR) is 80.7 cm³/mol. The molecule has 1 N–H and O–H groups in total. The second kappa shape index (κ2) is 6.16. The van der Waals surface area contributed by atoms with Crippen LogP contribution in [0, 0.1) is 11.7 Å². The van der Waals surface area contributed by atoms with Crippen LogP contribution in [0.1, 0.15) is 38.0 Å². The summed E-state index contributed by atoms with van der Waals surface area (Å²) in [7, 11) is 1.92. The van der Waals surface area contributed by atoms with Crippen LogP contribution < -0.4 is 5.32 Å². The molecule has 4 heteroatoms. The number of furan rings is 1. The van der Waals surface area contributed by atoms with Crippen molar-refractivity contribution in [1.82, 2.24) is 5.32 Å². The molecule has 1 saturated carbocycles. The first-order valence-electron chi connectivity index (χ1n) is 7.68. The van der Waals surface area contributed by atoms with Crippen molar-refractivity contribution in [2.24, 2.45) is 5.92 Å². The van der Waals surface area contributed by atoms with E-state index in [9.17, 15) is 4.39 Å². The summed E-state index contributed by atoms with van der Waals surface area (Å²) in [5.74, 6) is 1.17. The van der Waals surface area contributed by atoms with Crippen LogP contribution in [0.4, 0.5) is 4.39 Å². The molecule has 1 aromatic heterocycles. The number of hydrogen-bond acceptors (Lipinski definition) is 3. The summed E-state index contributed by atoms with van der Waals surface area (Å²) in [6.07, 6.45) is 3.65. The average Bonchev–Trinajstić information content (AvgIpc) is 2.86. The number of benzene rings is 1. The van der Waals surface area contributed by atoms with Crippen molar-refractivity contribution in [3.05, 3.63) is 35.8 Å². The van der Waals surface area contributed by atoms with Crippen LogP contribution in [0.25, 0.3) is 11.0 Å². The molecule has 0 aliphatic heterocycles. The highest BCUT2D eigenvalue weighted by Crippen LogP contribution is 2.38. The van der Waals surface area contributed by atoms with Gasteiger partial charge >= 0.3 is 0 Å². The van der Waals surface area contributed by atoms with E-state index in [-0.39, 0.29) is 11.9 Å². The lowest BCUT2D eigenvalue weighted by atomic mass is 9.78. The summed E-state index contributed by atoms with van der Waals surface area (Å²) in [5, 5.41) is 4.11. The van der Waals surface area contributed by atoms with E-state index in [0.29, 0.717) is 17.6 Å². The third-order valence-corrected chi connectivity index (χ3v) is 4.37. The summed E-state index contributed by atoms with van der Waals surface area (Å²) < 4.78 is 25.0. The molecule has 0 saturated heterocycles. The van der Waals surface area contributed by atoms with Crippen LogP contribution in [-0.4, -0.2) is 19.8 Å². The molecule has 3 rings (SSSR count). The van der Waals surface area contributed by atoms with Gasteiger partial charge in [0.15, 0.2) is 11.4 Å². The minimum atomic E-state index is -0.298. The van der Waals surface area contributed by atoms with E-state index in [2.05, 4.69) is 5.32 Å². The first-order chi connectivity index (χ1) is 10.2. The Morgan fingerprint density at radius 3 is 2.90 bits per heavy atom. The Hall–Kier alpha value is -1.39. The molecule has 0 radical (unpaired) electrons. The number of rotatable bonds is 6. The van der Waals surface area contributed by atoms with E-state index in [1.54, 1.807) is 6.07 Å². The van der Waals surface area contributed by atoms with Gasteiger partial charge in [-0.25, -0.2) is 4.39 Å². The highest BCUT2D eigenvalue weighted by atomic mass is 19.1. The van der Waals surface area contributed by atoms with E-state index in [0.717, 1.165) is 37.0 Å². The van der Waals surface area contributed by atoms with Gasteiger partial charge in [0.05, 0.1) is 12.1 Å². The number of para-hydroxylation sites is 1. The SMILES string of the molecule is CCOC1CC(CC(NC)c2cc3cccc(F)c3o2)C1. The molecule has 1 aliphatic rings. The van der Waals surface area contributed by atoms with E-state index < -0.39 is 0 Å². The van der Waals surface area contributed by atoms with E-state index >= 15 is 0 Å². The monoisotopic (exact) mass is 291 g/mol. The number of fused-ring (bicyclic) bond motifs is 1. The lowest BCUT2D eigenvalue weighted by molar-refractivity contribution is -0.0294.